The number of aliphatic hydroxyl groups excluding tert-OH is 2. The van der Waals surface area contributed by atoms with Crippen molar-refractivity contribution in [2.45, 2.75) is 26.9 Å². The van der Waals surface area contributed by atoms with Crippen LogP contribution in [0.5, 0.6) is 0 Å². The third-order valence-electron chi connectivity index (χ3n) is 0.827. The smallest absolute Gasteiger partial charge is 0.374 e. The van der Waals surface area contributed by atoms with Crippen LogP contribution in [0.4, 0.5) is 0 Å². The summed E-state index contributed by atoms with van der Waals surface area (Å²) in [6.45, 7) is 4.48. The molecule has 0 aliphatic carbocycles. The number of ether oxygens (including phenoxy) is 1. The van der Waals surface area contributed by atoms with E-state index in [4.69, 9.17) is 10.2 Å². The Hall–Kier alpha value is -0.940. The SMILES string of the molecule is CC(O)CO.CCOC(=O)C(C)=O. The van der Waals surface area contributed by atoms with Gasteiger partial charge in [-0.2, -0.15) is 0 Å². The second kappa shape index (κ2) is 9.15. The molecule has 13 heavy (non-hydrogen) atoms. The first kappa shape index (κ1) is 14.6. The van der Waals surface area contributed by atoms with Crippen molar-refractivity contribution in [3.05, 3.63) is 0 Å². The molecule has 0 aromatic rings. The first-order valence-corrected chi connectivity index (χ1v) is 3.92. The van der Waals surface area contributed by atoms with Crippen molar-refractivity contribution in [1.82, 2.24) is 0 Å². The fourth-order valence-corrected chi connectivity index (χ4v) is 0.233. The summed E-state index contributed by atoms with van der Waals surface area (Å²) >= 11 is 0. The maximum atomic E-state index is 10.2. The molecule has 0 aromatic carbocycles. The molecule has 0 aliphatic rings. The molecular formula is C8H16O5. The quantitative estimate of drug-likeness (QED) is 0.465. The molecule has 0 bridgehead atoms. The summed E-state index contributed by atoms with van der Waals surface area (Å²) in [7, 11) is 0. The van der Waals surface area contributed by atoms with E-state index in [0.29, 0.717) is 0 Å². The molecule has 5 heteroatoms. The van der Waals surface area contributed by atoms with Gasteiger partial charge in [-0.3, -0.25) is 4.79 Å². The molecule has 0 rings (SSSR count). The van der Waals surface area contributed by atoms with Crippen LogP contribution in [0.3, 0.4) is 0 Å². The van der Waals surface area contributed by atoms with Crippen molar-refractivity contribution in [3.63, 3.8) is 0 Å². The molecule has 0 saturated heterocycles. The maximum absolute atomic E-state index is 10.2. The average molecular weight is 192 g/mol. The van der Waals surface area contributed by atoms with E-state index in [1.807, 2.05) is 0 Å². The monoisotopic (exact) mass is 192 g/mol. The van der Waals surface area contributed by atoms with Crippen molar-refractivity contribution < 1.29 is 24.5 Å². The molecule has 0 spiro atoms. The summed E-state index contributed by atoms with van der Waals surface area (Å²) in [5.41, 5.74) is 0. The summed E-state index contributed by atoms with van der Waals surface area (Å²) in [6, 6.07) is 0. The lowest BCUT2D eigenvalue weighted by Gasteiger charge is -1.93. The van der Waals surface area contributed by atoms with E-state index < -0.39 is 17.9 Å². The number of carbonyl (C=O) groups excluding carboxylic acids is 2. The molecule has 2 N–H and O–H groups in total. The number of rotatable bonds is 3. The highest BCUT2D eigenvalue weighted by atomic mass is 16.5. The van der Waals surface area contributed by atoms with Gasteiger partial charge < -0.3 is 14.9 Å². The van der Waals surface area contributed by atoms with Gasteiger partial charge in [0.1, 0.15) is 0 Å². The number of ketones is 1. The third kappa shape index (κ3) is 14.0. The Balaban J connectivity index is 0. The van der Waals surface area contributed by atoms with Gasteiger partial charge in [-0.15, -0.1) is 0 Å². The number of esters is 1. The van der Waals surface area contributed by atoms with Crippen molar-refractivity contribution >= 4 is 11.8 Å². The van der Waals surface area contributed by atoms with Gasteiger partial charge in [-0.05, 0) is 13.8 Å². The summed E-state index contributed by atoms with van der Waals surface area (Å²) in [5, 5.41) is 16.0. The summed E-state index contributed by atoms with van der Waals surface area (Å²) in [4.78, 5) is 20.2. The predicted molar refractivity (Wildman–Crippen MR) is 46.1 cm³/mol. The Morgan fingerprint density at radius 1 is 1.46 bits per heavy atom. The standard InChI is InChI=1S/C5H8O3.C3H8O2/c1-3-8-5(7)4(2)6;1-3(5)2-4/h3H2,1-2H3;3-5H,2H2,1H3. The highest BCUT2D eigenvalue weighted by molar-refractivity contribution is 6.32. The van der Waals surface area contributed by atoms with Gasteiger partial charge in [0, 0.05) is 6.92 Å². The Morgan fingerprint density at radius 3 is 1.92 bits per heavy atom. The summed E-state index contributed by atoms with van der Waals surface area (Å²) < 4.78 is 4.31. The second-order valence-corrected chi connectivity index (χ2v) is 2.31. The number of Topliss-reactive ketones (excluding diaryl/α,β-unsaturated/α-hetero) is 1. The lowest BCUT2D eigenvalue weighted by molar-refractivity contribution is -0.152. The molecule has 0 aliphatic heterocycles. The Morgan fingerprint density at radius 2 is 1.85 bits per heavy atom. The van der Waals surface area contributed by atoms with Crippen LogP contribution >= 0.6 is 0 Å². The number of hydrogen-bond acceptors (Lipinski definition) is 5. The highest BCUT2D eigenvalue weighted by Gasteiger charge is 2.05. The fraction of sp³-hybridized carbons (Fsp3) is 0.750. The van der Waals surface area contributed by atoms with E-state index in [9.17, 15) is 9.59 Å². The van der Waals surface area contributed by atoms with E-state index in [-0.39, 0.29) is 13.2 Å². The van der Waals surface area contributed by atoms with Crippen molar-refractivity contribution in [2.24, 2.45) is 0 Å². The van der Waals surface area contributed by atoms with Crippen LogP contribution < -0.4 is 0 Å². The van der Waals surface area contributed by atoms with E-state index >= 15 is 0 Å². The predicted octanol–water partition coefficient (Wildman–Crippen LogP) is -0.502. The van der Waals surface area contributed by atoms with Gasteiger partial charge in [0.15, 0.2) is 0 Å². The topological polar surface area (TPSA) is 83.8 Å². The second-order valence-electron chi connectivity index (χ2n) is 2.31. The lowest BCUT2D eigenvalue weighted by atomic mass is 10.5. The third-order valence-corrected chi connectivity index (χ3v) is 0.827. The molecule has 1 unspecified atom stereocenters. The highest BCUT2D eigenvalue weighted by Crippen LogP contribution is 1.77. The Bertz CT molecular complexity index is 153. The number of carbonyl (C=O) groups is 2. The zero-order valence-corrected chi connectivity index (χ0v) is 8.11. The number of hydrogen-bond donors (Lipinski definition) is 2. The van der Waals surface area contributed by atoms with Crippen LogP contribution in [0.15, 0.2) is 0 Å². The minimum Gasteiger partial charge on any atom is -0.460 e. The first-order valence-electron chi connectivity index (χ1n) is 3.92. The number of aliphatic hydroxyl groups is 2. The van der Waals surface area contributed by atoms with Crippen LogP contribution in [0.2, 0.25) is 0 Å². The van der Waals surface area contributed by atoms with Gasteiger partial charge in [-0.25, -0.2) is 4.79 Å². The lowest BCUT2D eigenvalue weighted by Crippen LogP contribution is -2.12. The van der Waals surface area contributed by atoms with E-state index in [0.717, 1.165) is 0 Å². The zero-order chi connectivity index (χ0) is 10.9. The molecule has 0 saturated carbocycles. The first-order chi connectivity index (χ1) is 5.95. The molecule has 0 amide bonds. The van der Waals surface area contributed by atoms with Crippen LogP contribution in [0.1, 0.15) is 20.8 Å². The molecule has 78 valence electrons. The Labute approximate surface area is 77.3 Å². The van der Waals surface area contributed by atoms with Gasteiger partial charge >= 0.3 is 5.97 Å². The molecule has 1 atom stereocenters. The molecule has 0 aromatic heterocycles. The zero-order valence-electron chi connectivity index (χ0n) is 8.11. The molecule has 0 fully saturated rings. The van der Waals surface area contributed by atoms with Crippen LogP contribution in [-0.2, 0) is 14.3 Å². The van der Waals surface area contributed by atoms with Gasteiger partial charge in [-0.1, -0.05) is 0 Å². The van der Waals surface area contributed by atoms with Crippen LogP contribution in [-0.4, -0.2) is 41.3 Å². The maximum Gasteiger partial charge on any atom is 0.374 e. The summed E-state index contributed by atoms with van der Waals surface area (Å²) in [5.74, 6) is -1.31. The van der Waals surface area contributed by atoms with Gasteiger partial charge in [0.2, 0.25) is 5.78 Å². The minimum absolute atomic E-state index is 0.139. The van der Waals surface area contributed by atoms with Crippen molar-refractivity contribution in [1.29, 1.82) is 0 Å². The summed E-state index contributed by atoms with van der Waals surface area (Å²) in [6.07, 6.45) is -0.560. The van der Waals surface area contributed by atoms with E-state index in [2.05, 4.69) is 4.74 Å². The largest absolute Gasteiger partial charge is 0.460 e. The van der Waals surface area contributed by atoms with Gasteiger partial charge in [0.05, 0.1) is 19.3 Å². The van der Waals surface area contributed by atoms with Crippen LogP contribution in [0.25, 0.3) is 0 Å². The van der Waals surface area contributed by atoms with Crippen LogP contribution in [0, 0.1) is 0 Å². The molecule has 0 radical (unpaired) electrons. The van der Waals surface area contributed by atoms with Crippen molar-refractivity contribution in [2.75, 3.05) is 13.2 Å². The normalized spacial score (nSPS) is 10.8. The van der Waals surface area contributed by atoms with Crippen molar-refractivity contribution in [3.8, 4) is 0 Å². The average Bonchev–Trinajstić information content (AvgIpc) is 2.06. The molecule has 5 nitrogen and oxygen atoms in total. The van der Waals surface area contributed by atoms with E-state index in [1.165, 1.54) is 13.8 Å². The molecular weight excluding hydrogens is 176 g/mol. The van der Waals surface area contributed by atoms with E-state index in [1.54, 1.807) is 6.92 Å². The fourth-order valence-electron chi connectivity index (χ4n) is 0.233. The van der Waals surface area contributed by atoms with Gasteiger partial charge in [0.25, 0.3) is 0 Å². The minimum atomic E-state index is -0.757. The molecule has 0 heterocycles. The Kier molecular flexibility index (Phi) is 10.3.